The average molecular weight is 264 g/mol. The van der Waals surface area contributed by atoms with Gasteiger partial charge in [0.1, 0.15) is 5.82 Å². The molecule has 2 unspecified atom stereocenters. The summed E-state index contributed by atoms with van der Waals surface area (Å²) in [5.74, 6) is 0.591. The molecule has 1 aliphatic rings. The predicted octanol–water partition coefficient (Wildman–Crippen LogP) is 3.56. The molecule has 2 rings (SSSR count). The first-order chi connectivity index (χ1) is 9.07. The summed E-state index contributed by atoms with van der Waals surface area (Å²) in [7, 11) is 2.05. The maximum absolute atomic E-state index is 13.4. The third-order valence-electron chi connectivity index (χ3n) is 4.73. The minimum Gasteiger partial charge on any atom is -0.368 e. The summed E-state index contributed by atoms with van der Waals surface area (Å²) in [4.78, 5) is 2.20. The van der Waals surface area contributed by atoms with E-state index < -0.39 is 0 Å². The summed E-state index contributed by atoms with van der Waals surface area (Å²) in [5.41, 5.74) is 7.01. The van der Waals surface area contributed by atoms with E-state index in [2.05, 4.69) is 18.9 Å². The molecule has 0 radical (unpaired) electrons. The molecule has 19 heavy (non-hydrogen) atoms. The van der Waals surface area contributed by atoms with E-state index in [1.807, 2.05) is 6.07 Å². The number of hydrogen-bond acceptors (Lipinski definition) is 2. The highest BCUT2D eigenvalue weighted by Crippen LogP contribution is 2.36. The first kappa shape index (κ1) is 14.3. The normalized spacial score (nSPS) is 27.9. The van der Waals surface area contributed by atoms with Gasteiger partial charge in [0.05, 0.1) is 5.54 Å². The lowest BCUT2D eigenvalue weighted by Crippen LogP contribution is -2.52. The van der Waals surface area contributed by atoms with Crippen LogP contribution >= 0.6 is 0 Å². The Morgan fingerprint density at radius 2 is 2.16 bits per heavy atom. The Kier molecular flexibility index (Phi) is 4.46. The van der Waals surface area contributed by atoms with Crippen molar-refractivity contribution in [1.29, 1.82) is 0 Å². The highest BCUT2D eigenvalue weighted by atomic mass is 19.1. The van der Waals surface area contributed by atoms with E-state index in [-0.39, 0.29) is 11.4 Å². The van der Waals surface area contributed by atoms with Crippen molar-refractivity contribution in [1.82, 2.24) is 0 Å². The van der Waals surface area contributed by atoms with Crippen LogP contribution in [0.1, 0.15) is 39.0 Å². The largest absolute Gasteiger partial charge is 0.368 e. The maximum atomic E-state index is 13.4. The number of hydrogen-bond donors (Lipinski definition) is 1. The van der Waals surface area contributed by atoms with E-state index in [1.54, 1.807) is 12.1 Å². The zero-order valence-corrected chi connectivity index (χ0v) is 12.0. The number of rotatable bonds is 3. The van der Waals surface area contributed by atoms with Crippen LogP contribution in [0.3, 0.4) is 0 Å². The van der Waals surface area contributed by atoms with Crippen LogP contribution in [-0.4, -0.2) is 19.1 Å². The van der Waals surface area contributed by atoms with Gasteiger partial charge in [0, 0.05) is 19.3 Å². The molecular weight excluding hydrogens is 239 g/mol. The van der Waals surface area contributed by atoms with Crippen LogP contribution in [0.2, 0.25) is 0 Å². The topological polar surface area (TPSA) is 29.3 Å². The molecule has 2 nitrogen and oxygen atoms in total. The lowest BCUT2D eigenvalue weighted by Gasteiger charge is -2.42. The van der Waals surface area contributed by atoms with Gasteiger partial charge in [-0.3, -0.25) is 0 Å². The van der Waals surface area contributed by atoms with Crippen molar-refractivity contribution in [3.8, 4) is 0 Å². The third-order valence-corrected chi connectivity index (χ3v) is 4.73. The third kappa shape index (κ3) is 3.08. The van der Waals surface area contributed by atoms with E-state index in [9.17, 15) is 4.39 Å². The molecule has 0 aliphatic heterocycles. The molecular formula is C16H25FN2. The molecule has 0 amide bonds. The molecule has 2 N–H and O–H groups in total. The lowest BCUT2D eigenvalue weighted by atomic mass is 9.87. The molecule has 0 aromatic heterocycles. The monoisotopic (exact) mass is 264 g/mol. The van der Waals surface area contributed by atoms with Crippen molar-refractivity contribution in [2.45, 2.75) is 44.6 Å². The van der Waals surface area contributed by atoms with Crippen molar-refractivity contribution in [3.05, 3.63) is 30.1 Å². The smallest absolute Gasteiger partial charge is 0.125 e. The highest BCUT2D eigenvalue weighted by Gasteiger charge is 2.35. The number of nitrogens with two attached hydrogens (primary N) is 1. The number of benzene rings is 1. The van der Waals surface area contributed by atoms with E-state index >= 15 is 0 Å². The summed E-state index contributed by atoms with van der Waals surface area (Å²) < 4.78 is 13.4. The zero-order chi connectivity index (χ0) is 13.9. The molecule has 0 bridgehead atoms. The fourth-order valence-corrected chi connectivity index (χ4v) is 3.20. The first-order valence-corrected chi connectivity index (χ1v) is 7.27. The Bertz CT molecular complexity index is 421. The van der Waals surface area contributed by atoms with Gasteiger partial charge in [0.25, 0.3) is 0 Å². The van der Waals surface area contributed by atoms with Crippen molar-refractivity contribution in [3.63, 3.8) is 0 Å². The standard InChI is InChI=1S/C16H25FN2/c1-13-5-4-9-16(12-18,10-8-13)19(2)15-7-3-6-14(17)11-15/h3,6-7,11,13H,4-5,8-10,12,18H2,1-2H3. The number of anilines is 1. The van der Waals surface area contributed by atoms with Gasteiger partial charge >= 0.3 is 0 Å². The minimum atomic E-state index is -0.182. The number of halogens is 1. The van der Waals surface area contributed by atoms with Gasteiger partial charge < -0.3 is 10.6 Å². The van der Waals surface area contributed by atoms with Gasteiger partial charge in [-0.05, 0) is 43.4 Å². The molecule has 0 heterocycles. The van der Waals surface area contributed by atoms with E-state index in [1.165, 1.54) is 25.3 Å². The zero-order valence-electron chi connectivity index (χ0n) is 12.0. The van der Waals surface area contributed by atoms with Gasteiger partial charge in [0.15, 0.2) is 0 Å². The van der Waals surface area contributed by atoms with Gasteiger partial charge in [-0.2, -0.15) is 0 Å². The van der Waals surface area contributed by atoms with Gasteiger partial charge in [-0.1, -0.05) is 25.8 Å². The van der Waals surface area contributed by atoms with Gasteiger partial charge in [0.2, 0.25) is 0 Å². The second kappa shape index (κ2) is 5.91. The molecule has 1 aromatic carbocycles. The Hall–Kier alpha value is -1.09. The van der Waals surface area contributed by atoms with Crippen molar-refractivity contribution in [2.75, 3.05) is 18.5 Å². The Morgan fingerprint density at radius 1 is 1.37 bits per heavy atom. The second-order valence-corrected chi connectivity index (χ2v) is 6.00. The van der Waals surface area contributed by atoms with Crippen LogP contribution in [0.4, 0.5) is 10.1 Å². The molecule has 0 spiro atoms. The van der Waals surface area contributed by atoms with Crippen LogP contribution in [0, 0.1) is 11.7 Å². The van der Waals surface area contributed by atoms with E-state index in [0.717, 1.165) is 24.4 Å². The Balaban J connectivity index is 2.24. The molecule has 0 saturated heterocycles. The van der Waals surface area contributed by atoms with Crippen molar-refractivity contribution in [2.24, 2.45) is 11.7 Å². The van der Waals surface area contributed by atoms with E-state index in [4.69, 9.17) is 5.73 Å². The summed E-state index contributed by atoms with van der Waals surface area (Å²) in [5, 5.41) is 0. The Morgan fingerprint density at radius 3 is 2.84 bits per heavy atom. The molecule has 2 atom stereocenters. The van der Waals surface area contributed by atoms with Crippen molar-refractivity contribution >= 4 is 5.69 Å². The summed E-state index contributed by atoms with van der Waals surface area (Å²) in [6, 6.07) is 6.83. The van der Waals surface area contributed by atoms with E-state index in [0.29, 0.717) is 6.54 Å². The van der Waals surface area contributed by atoms with Gasteiger partial charge in [-0.15, -0.1) is 0 Å². The molecule has 3 heteroatoms. The first-order valence-electron chi connectivity index (χ1n) is 7.27. The number of nitrogens with zero attached hydrogens (tertiary/aromatic N) is 1. The fraction of sp³-hybridized carbons (Fsp3) is 0.625. The Labute approximate surface area is 115 Å². The summed E-state index contributed by atoms with van der Waals surface area (Å²) >= 11 is 0. The van der Waals surface area contributed by atoms with Crippen LogP contribution in [0.25, 0.3) is 0 Å². The number of likely N-dealkylation sites (N-methyl/N-ethyl adjacent to an activating group) is 1. The summed E-state index contributed by atoms with van der Waals surface area (Å²) in [6.45, 7) is 2.95. The van der Waals surface area contributed by atoms with Crippen molar-refractivity contribution < 1.29 is 4.39 Å². The fourth-order valence-electron chi connectivity index (χ4n) is 3.20. The lowest BCUT2D eigenvalue weighted by molar-refractivity contribution is 0.357. The summed E-state index contributed by atoms with van der Waals surface area (Å²) in [6.07, 6.45) is 5.88. The second-order valence-electron chi connectivity index (χ2n) is 6.00. The minimum absolute atomic E-state index is 0.0153. The van der Waals surface area contributed by atoms with Gasteiger partial charge in [-0.25, -0.2) is 4.39 Å². The van der Waals surface area contributed by atoms with Crippen LogP contribution < -0.4 is 10.6 Å². The SMILES string of the molecule is CC1CCCC(CN)(N(C)c2cccc(F)c2)CC1. The van der Waals surface area contributed by atoms with Crippen LogP contribution in [0.15, 0.2) is 24.3 Å². The highest BCUT2D eigenvalue weighted by molar-refractivity contribution is 5.48. The average Bonchev–Trinajstić information content (AvgIpc) is 2.61. The molecule has 1 saturated carbocycles. The molecule has 1 aliphatic carbocycles. The molecule has 1 aromatic rings. The molecule has 106 valence electrons. The van der Waals surface area contributed by atoms with Crippen LogP contribution in [0.5, 0.6) is 0 Å². The predicted molar refractivity (Wildman–Crippen MR) is 78.8 cm³/mol. The quantitative estimate of drug-likeness (QED) is 0.846. The molecule has 1 fully saturated rings. The maximum Gasteiger partial charge on any atom is 0.125 e. The van der Waals surface area contributed by atoms with Crippen LogP contribution in [-0.2, 0) is 0 Å².